The minimum atomic E-state index is -0.620. The third-order valence-corrected chi connectivity index (χ3v) is 3.54. The fourth-order valence-corrected chi connectivity index (χ4v) is 2.91. The summed E-state index contributed by atoms with van der Waals surface area (Å²) in [5.74, 6) is -0.808. The van der Waals surface area contributed by atoms with Gasteiger partial charge in [-0.2, -0.15) is 0 Å². The van der Waals surface area contributed by atoms with Crippen LogP contribution in [0.4, 0.5) is 0 Å². The van der Waals surface area contributed by atoms with Crippen molar-refractivity contribution < 1.29 is 9.59 Å². The molecule has 0 aromatic heterocycles. The van der Waals surface area contributed by atoms with Gasteiger partial charge >= 0.3 is 0 Å². The molecule has 1 aromatic carbocycles. The second-order valence-electron chi connectivity index (χ2n) is 4.23. The van der Waals surface area contributed by atoms with E-state index in [-0.39, 0.29) is 5.91 Å². The van der Waals surface area contributed by atoms with Gasteiger partial charge in [0.05, 0.1) is 0 Å². The minimum absolute atomic E-state index is 0.304. The van der Waals surface area contributed by atoms with Gasteiger partial charge in [0.25, 0.3) is 5.91 Å². The van der Waals surface area contributed by atoms with Crippen LogP contribution in [0.15, 0.2) is 27.1 Å². The molecular weight excluding hydrogens is 376 g/mol. The van der Waals surface area contributed by atoms with E-state index in [1.165, 1.54) is 0 Å². The molecule has 0 heterocycles. The van der Waals surface area contributed by atoms with Crippen molar-refractivity contribution in [1.82, 2.24) is 5.32 Å². The lowest BCUT2D eigenvalue weighted by Crippen LogP contribution is -2.44. The van der Waals surface area contributed by atoms with E-state index in [1.54, 1.807) is 12.1 Å². The largest absolute Gasteiger partial charge is 0.368 e. The normalized spacial score (nSPS) is 11.9. The maximum atomic E-state index is 12.1. The maximum Gasteiger partial charge on any atom is 0.252 e. The van der Waals surface area contributed by atoms with Crippen LogP contribution in [0.1, 0.15) is 36.5 Å². The highest BCUT2D eigenvalue weighted by molar-refractivity contribution is 9.11. The molecule has 0 aliphatic carbocycles. The van der Waals surface area contributed by atoms with Crippen molar-refractivity contribution in [2.45, 2.75) is 32.2 Å². The lowest BCUT2D eigenvalue weighted by atomic mass is 10.1. The average molecular weight is 392 g/mol. The van der Waals surface area contributed by atoms with Crippen LogP contribution in [0.3, 0.4) is 0 Å². The summed E-state index contributed by atoms with van der Waals surface area (Å²) in [7, 11) is 0. The molecule has 4 nitrogen and oxygen atoms in total. The van der Waals surface area contributed by atoms with E-state index in [0.717, 1.165) is 21.8 Å². The maximum absolute atomic E-state index is 12.1. The Morgan fingerprint density at radius 2 is 1.84 bits per heavy atom. The Hall–Kier alpha value is -0.880. The molecule has 6 heteroatoms. The first-order chi connectivity index (χ1) is 8.93. The predicted molar refractivity (Wildman–Crippen MR) is 81.8 cm³/mol. The Bertz CT molecular complexity index is 457. The van der Waals surface area contributed by atoms with Crippen molar-refractivity contribution in [2.75, 3.05) is 0 Å². The van der Waals surface area contributed by atoms with Crippen molar-refractivity contribution in [3.63, 3.8) is 0 Å². The monoisotopic (exact) mass is 390 g/mol. The van der Waals surface area contributed by atoms with Crippen molar-refractivity contribution in [1.29, 1.82) is 0 Å². The zero-order valence-corrected chi connectivity index (χ0v) is 13.8. The first-order valence-electron chi connectivity index (χ1n) is 6.00. The number of hydrogen-bond donors (Lipinski definition) is 2. The first kappa shape index (κ1) is 16.2. The minimum Gasteiger partial charge on any atom is -0.368 e. The average Bonchev–Trinajstić information content (AvgIpc) is 2.32. The number of carbonyl (C=O) groups is 2. The lowest BCUT2D eigenvalue weighted by Gasteiger charge is -2.15. The Morgan fingerprint density at radius 3 is 2.32 bits per heavy atom. The Kier molecular flexibility index (Phi) is 6.51. The first-order valence-corrected chi connectivity index (χ1v) is 7.59. The summed E-state index contributed by atoms with van der Waals surface area (Å²) >= 11 is 6.63. The summed E-state index contributed by atoms with van der Waals surface area (Å²) in [6, 6.07) is 4.60. The molecule has 0 radical (unpaired) electrons. The van der Waals surface area contributed by atoms with Crippen LogP contribution in [-0.4, -0.2) is 17.9 Å². The zero-order chi connectivity index (χ0) is 14.4. The van der Waals surface area contributed by atoms with E-state index in [2.05, 4.69) is 37.2 Å². The molecule has 2 amide bonds. The summed E-state index contributed by atoms with van der Waals surface area (Å²) in [6.45, 7) is 2.02. The van der Waals surface area contributed by atoms with Gasteiger partial charge in [0, 0.05) is 14.5 Å². The molecule has 0 unspecified atom stereocenters. The number of carbonyl (C=O) groups excluding carboxylic acids is 2. The number of nitrogens with two attached hydrogens (primary N) is 1. The van der Waals surface area contributed by atoms with Gasteiger partial charge in [0.15, 0.2) is 0 Å². The van der Waals surface area contributed by atoms with Crippen LogP contribution in [0.25, 0.3) is 0 Å². The molecule has 0 bridgehead atoms. The topological polar surface area (TPSA) is 72.2 Å². The molecule has 1 aromatic rings. The number of nitrogens with one attached hydrogen (secondary N) is 1. The van der Waals surface area contributed by atoms with Crippen LogP contribution >= 0.6 is 31.9 Å². The fraction of sp³-hybridized carbons (Fsp3) is 0.385. The van der Waals surface area contributed by atoms with Crippen LogP contribution in [-0.2, 0) is 4.79 Å². The Balaban J connectivity index is 2.78. The highest BCUT2D eigenvalue weighted by Crippen LogP contribution is 2.20. The van der Waals surface area contributed by atoms with Gasteiger partial charge in [-0.25, -0.2) is 0 Å². The molecule has 3 N–H and O–H groups in total. The molecule has 0 saturated heterocycles. The number of amides is 2. The van der Waals surface area contributed by atoms with Crippen LogP contribution in [0, 0.1) is 0 Å². The quantitative estimate of drug-likeness (QED) is 0.782. The molecule has 104 valence electrons. The van der Waals surface area contributed by atoms with Gasteiger partial charge in [0.2, 0.25) is 5.91 Å². The summed E-state index contributed by atoms with van der Waals surface area (Å²) in [5.41, 5.74) is 5.77. The van der Waals surface area contributed by atoms with Gasteiger partial charge in [-0.05, 0) is 24.6 Å². The van der Waals surface area contributed by atoms with Gasteiger partial charge in [-0.1, -0.05) is 51.6 Å². The van der Waals surface area contributed by atoms with E-state index in [4.69, 9.17) is 5.73 Å². The SMILES string of the molecule is CCCC[C@@H](NC(=O)c1cc(Br)cc(Br)c1)C(N)=O. The van der Waals surface area contributed by atoms with Crippen LogP contribution in [0.5, 0.6) is 0 Å². The van der Waals surface area contributed by atoms with Crippen molar-refractivity contribution >= 4 is 43.7 Å². The standard InChI is InChI=1S/C13H16Br2N2O2/c1-2-3-4-11(12(16)18)17-13(19)8-5-9(14)7-10(15)6-8/h5-7,11H,2-4H2,1H3,(H2,16,18)(H,17,19)/t11-/m1/s1. The molecule has 0 saturated carbocycles. The van der Waals surface area contributed by atoms with E-state index < -0.39 is 11.9 Å². The Labute approximate surface area is 129 Å². The van der Waals surface area contributed by atoms with Gasteiger partial charge in [-0.15, -0.1) is 0 Å². The van der Waals surface area contributed by atoms with Crippen LogP contribution < -0.4 is 11.1 Å². The highest BCUT2D eigenvalue weighted by atomic mass is 79.9. The van der Waals surface area contributed by atoms with Gasteiger partial charge < -0.3 is 11.1 Å². The molecule has 1 atom stereocenters. The molecular formula is C13H16Br2N2O2. The smallest absolute Gasteiger partial charge is 0.252 e. The number of primary amides is 1. The third kappa shape index (κ3) is 5.32. The van der Waals surface area contributed by atoms with E-state index in [1.807, 2.05) is 13.0 Å². The van der Waals surface area contributed by atoms with Crippen molar-refractivity contribution in [3.05, 3.63) is 32.7 Å². The molecule has 19 heavy (non-hydrogen) atoms. The number of hydrogen-bond acceptors (Lipinski definition) is 2. The molecule has 0 aliphatic heterocycles. The summed E-state index contributed by atoms with van der Waals surface area (Å²) < 4.78 is 1.58. The number of halogens is 2. The summed E-state index contributed by atoms with van der Waals surface area (Å²) in [5, 5.41) is 2.67. The number of rotatable bonds is 6. The van der Waals surface area contributed by atoms with E-state index in [0.29, 0.717) is 12.0 Å². The number of benzene rings is 1. The fourth-order valence-electron chi connectivity index (χ4n) is 1.62. The van der Waals surface area contributed by atoms with Gasteiger partial charge in [-0.3, -0.25) is 9.59 Å². The van der Waals surface area contributed by atoms with Crippen LogP contribution in [0.2, 0.25) is 0 Å². The number of unbranched alkanes of at least 4 members (excludes halogenated alkanes) is 1. The zero-order valence-electron chi connectivity index (χ0n) is 10.6. The lowest BCUT2D eigenvalue weighted by molar-refractivity contribution is -0.120. The summed E-state index contributed by atoms with van der Waals surface area (Å²) in [4.78, 5) is 23.4. The van der Waals surface area contributed by atoms with E-state index in [9.17, 15) is 9.59 Å². The Morgan fingerprint density at radius 1 is 1.26 bits per heavy atom. The second kappa shape index (κ2) is 7.65. The molecule has 0 spiro atoms. The highest BCUT2D eigenvalue weighted by Gasteiger charge is 2.18. The predicted octanol–water partition coefficient (Wildman–Crippen LogP) is 2.99. The molecule has 1 rings (SSSR count). The van der Waals surface area contributed by atoms with Gasteiger partial charge in [0.1, 0.15) is 6.04 Å². The van der Waals surface area contributed by atoms with Crippen molar-refractivity contribution in [2.24, 2.45) is 5.73 Å². The molecule has 0 aliphatic rings. The van der Waals surface area contributed by atoms with Crippen molar-refractivity contribution in [3.8, 4) is 0 Å². The third-order valence-electron chi connectivity index (χ3n) is 2.62. The van der Waals surface area contributed by atoms with E-state index >= 15 is 0 Å². The summed E-state index contributed by atoms with van der Waals surface area (Å²) in [6.07, 6.45) is 2.35. The molecule has 0 fully saturated rings. The second-order valence-corrected chi connectivity index (χ2v) is 6.06.